The fraction of sp³-hybridized carbons (Fsp3) is 0.600. The lowest BCUT2D eigenvalue weighted by Gasteiger charge is -2.39. The second-order valence-electron chi connectivity index (χ2n) is 6.08. The van der Waals surface area contributed by atoms with Crippen LogP contribution < -0.4 is 4.74 Å². The Bertz CT molecular complexity index is 695. The summed E-state index contributed by atoms with van der Waals surface area (Å²) in [7, 11) is 0.986. The predicted octanol–water partition coefficient (Wildman–Crippen LogP) is 5.40. The van der Waals surface area contributed by atoms with Crippen molar-refractivity contribution in [2.24, 2.45) is 0 Å². The molecule has 0 aliphatic heterocycles. The molecule has 162 valence electrons. The van der Waals surface area contributed by atoms with Gasteiger partial charge in [0.15, 0.2) is 0 Å². The smallest absolute Gasteiger partial charge is 0.460 e. The van der Waals surface area contributed by atoms with E-state index >= 15 is 0 Å². The molecule has 0 saturated carbocycles. The average molecular weight is 434 g/mol. The Balaban J connectivity index is 3.40. The molecule has 0 amide bonds. The second kappa shape index (κ2) is 6.92. The number of halogens is 11. The number of benzene rings is 1. The molecule has 0 saturated heterocycles. The second-order valence-corrected chi connectivity index (χ2v) is 6.08. The number of rotatable bonds is 7. The van der Waals surface area contributed by atoms with E-state index in [2.05, 4.69) is 4.74 Å². The first-order chi connectivity index (χ1) is 12.3. The van der Waals surface area contributed by atoms with Crippen molar-refractivity contribution in [3.05, 3.63) is 29.8 Å². The highest BCUT2D eigenvalue weighted by Crippen LogP contribution is 2.59. The zero-order chi connectivity index (χ0) is 22.4. The summed E-state index contributed by atoms with van der Waals surface area (Å²) in [4.78, 5) is 0. The zero-order valence-electron chi connectivity index (χ0n) is 14.0. The number of aliphatic hydroxyl groups is 1. The molecule has 1 rings (SSSR count). The molecule has 13 heteroatoms. The van der Waals surface area contributed by atoms with Crippen LogP contribution in [0.1, 0.15) is 18.9 Å². The molecule has 1 N–H and O–H groups in total. The summed E-state index contributed by atoms with van der Waals surface area (Å²) in [5, 5.41) is 10.1. The summed E-state index contributed by atoms with van der Waals surface area (Å²) >= 11 is 0. The number of methoxy groups -OCH3 is 1. The lowest BCUT2D eigenvalue weighted by molar-refractivity contribution is -0.424. The SMILES string of the molecule is COc1ccccc1C(C)(O)CC(F)(F)C(F)(F)C(F)(F)C(F)(F)C(F)(F)F. The third-order valence-electron chi connectivity index (χ3n) is 3.86. The van der Waals surface area contributed by atoms with Gasteiger partial charge in [-0.2, -0.15) is 48.3 Å². The lowest BCUT2D eigenvalue weighted by atomic mass is 9.84. The molecular formula is C15H13F11O2. The Labute approximate surface area is 150 Å². The van der Waals surface area contributed by atoms with Crippen LogP contribution in [-0.4, -0.2) is 42.1 Å². The topological polar surface area (TPSA) is 29.5 Å². The van der Waals surface area contributed by atoms with E-state index in [1.807, 2.05) is 0 Å². The lowest BCUT2D eigenvalue weighted by Crippen LogP contribution is -2.67. The number of para-hydroxylation sites is 1. The van der Waals surface area contributed by atoms with E-state index in [1.54, 1.807) is 0 Å². The number of ether oxygens (including phenoxy) is 1. The minimum absolute atomic E-state index is 0.348. The molecular weight excluding hydrogens is 421 g/mol. The Kier molecular flexibility index (Phi) is 5.99. The van der Waals surface area contributed by atoms with Gasteiger partial charge in [-0.05, 0) is 13.0 Å². The Morgan fingerprint density at radius 2 is 1.25 bits per heavy atom. The van der Waals surface area contributed by atoms with Gasteiger partial charge in [-0.3, -0.25) is 0 Å². The highest BCUT2D eigenvalue weighted by Gasteiger charge is 2.87. The van der Waals surface area contributed by atoms with E-state index in [9.17, 15) is 53.4 Å². The fourth-order valence-electron chi connectivity index (χ4n) is 2.33. The molecule has 1 atom stereocenters. The number of hydrogen-bond donors (Lipinski definition) is 1. The molecule has 28 heavy (non-hydrogen) atoms. The van der Waals surface area contributed by atoms with Crippen LogP contribution in [0.4, 0.5) is 48.3 Å². The Hall–Kier alpha value is -1.79. The third-order valence-corrected chi connectivity index (χ3v) is 3.86. The number of hydrogen-bond acceptors (Lipinski definition) is 2. The third kappa shape index (κ3) is 3.72. The van der Waals surface area contributed by atoms with Crippen LogP contribution in [0.15, 0.2) is 24.3 Å². The van der Waals surface area contributed by atoms with Crippen LogP contribution in [-0.2, 0) is 5.60 Å². The monoisotopic (exact) mass is 434 g/mol. The van der Waals surface area contributed by atoms with E-state index in [1.165, 1.54) is 6.07 Å². The van der Waals surface area contributed by atoms with Crippen LogP contribution in [0, 0.1) is 0 Å². The van der Waals surface area contributed by atoms with Crippen molar-refractivity contribution in [3.63, 3.8) is 0 Å². The maximum Gasteiger partial charge on any atom is 0.460 e. The molecule has 0 aromatic heterocycles. The van der Waals surface area contributed by atoms with Crippen LogP contribution in [0.25, 0.3) is 0 Å². The molecule has 0 bridgehead atoms. The van der Waals surface area contributed by atoms with Crippen molar-refractivity contribution in [1.82, 2.24) is 0 Å². The molecule has 0 spiro atoms. The molecule has 0 aliphatic rings. The van der Waals surface area contributed by atoms with Gasteiger partial charge in [0.2, 0.25) is 0 Å². The molecule has 1 aromatic carbocycles. The summed E-state index contributed by atoms with van der Waals surface area (Å²) < 4.78 is 148. The van der Waals surface area contributed by atoms with Crippen molar-refractivity contribution < 1.29 is 58.1 Å². The average Bonchev–Trinajstić information content (AvgIpc) is 2.52. The molecule has 1 aromatic rings. The highest BCUT2D eigenvalue weighted by atomic mass is 19.4. The Morgan fingerprint density at radius 1 is 0.786 bits per heavy atom. The first kappa shape index (κ1) is 24.2. The number of alkyl halides is 11. The molecule has 0 radical (unpaired) electrons. The van der Waals surface area contributed by atoms with Crippen LogP contribution in [0.5, 0.6) is 5.75 Å². The van der Waals surface area contributed by atoms with Gasteiger partial charge >= 0.3 is 29.9 Å². The van der Waals surface area contributed by atoms with E-state index in [4.69, 9.17) is 0 Å². The van der Waals surface area contributed by atoms with Crippen molar-refractivity contribution in [3.8, 4) is 5.75 Å². The van der Waals surface area contributed by atoms with Crippen molar-refractivity contribution in [2.75, 3.05) is 7.11 Å². The van der Waals surface area contributed by atoms with E-state index in [-0.39, 0.29) is 5.75 Å². The molecule has 0 fully saturated rings. The first-order valence-corrected chi connectivity index (χ1v) is 7.20. The summed E-state index contributed by atoms with van der Waals surface area (Å²) in [6.07, 6.45) is -9.85. The van der Waals surface area contributed by atoms with Crippen LogP contribution in [0.2, 0.25) is 0 Å². The minimum Gasteiger partial charge on any atom is -0.496 e. The quantitative estimate of drug-likeness (QED) is 0.583. The van der Waals surface area contributed by atoms with Gasteiger partial charge in [0.1, 0.15) is 5.75 Å². The molecule has 1 unspecified atom stereocenters. The van der Waals surface area contributed by atoms with Gasteiger partial charge < -0.3 is 9.84 Å². The van der Waals surface area contributed by atoms with Gasteiger partial charge in [-0.1, -0.05) is 18.2 Å². The molecule has 0 aliphatic carbocycles. The summed E-state index contributed by atoms with van der Waals surface area (Å²) in [5.41, 5.74) is -3.68. The predicted molar refractivity (Wildman–Crippen MR) is 73.0 cm³/mol. The Morgan fingerprint density at radius 3 is 1.68 bits per heavy atom. The van der Waals surface area contributed by atoms with Gasteiger partial charge in [0.25, 0.3) is 0 Å². The van der Waals surface area contributed by atoms with Gasteiger partial charge in [0.05, 0.1) is 19.1 Å². The van der Waals surface area contributed by atoms with E-state index in [0.29, 0.717) is 6.92 Å². The van der Waals surface area contributed by atoms with Gasteiger partial charge in [-0.25, -0.2) is 0 Å². The summed E-state index contributed by atoms with van der Waals surface area (Å²) in [6, 6.07) is 4.35. The normalized spacial score (nSPS) is 16.6. The minimum atomic E-state index is -7.52. The molecule has 0 heterocycles. The van der Waals surface area contributed by atoms with Gasteiger partial charge in [0, 0.05) is 5.56 Å². The van der Waals surface area contributed by atoms with Gasteiger partial charge in [-0.15, -0.1) is 0 Å². The van der Waals surface area contributed by atoms with E-state index < -0.39 is 47.5 Å². The largest absolute Gasteiger partial charge is 0.496 e. The van der Waals surface area contributed by atoms with Crippen molar-refractivity contribution in [2.45, 2.75) is 48.8 Å². The maximum atomic E-state index is 13.9. The maximum absolute atomic E-state index is 13.9. The standard InChI is InChI=1S/C15H13F11O2/c1-10(27,8-5-3-4-6-9(8)28-2)7-11(16,17)12(18,19)13(20,21)14(22,23)15(24,25)26/h3-6,27H,7H2,1-2H3. The van der Waals surface area contributed by atoms with Crippen LogP contribution in [0.3, 0.4) is 0 Å². The van der Waals surface area contributed by atoms with Crippen molar-refractivity contribution >= 4 is 0 Å². The fourth-order valence-corrected chi connectivity index (χ4v) is 2.33. The summed E-state index contributed by atoms with van der Waals surface area (Å²) in [6.45, 7) is 0.453. The first-order valence-electron chi connectivity index (χ1n) is 7.20. The molecule has 2 nitrogen and oxygen atoms in total. The van der Waals surface area contributed by atoms with Crippen molar-refractivity contribution in [1.29, 1.82) is 0 Å². The van der Waals surface area contributed by atoms with E-state index in [0.717, 1.165) is 25.3 Å². The zero-order valence-corrected chi connectivity index (χ0v) is 14.0. The van der Waals surface area contributed by atoms with Crippen LogP contribution >= 0.6 is 0 Å². The highest BCUT2D eigenvalue weighted by molar-refractivity contribution is 5.38. The summed E-state index contributed by atoms with van der Waals surface area (Å²) in [5.74, 6) is -28.7.